The van der Waals surface area contributed by atoms with Crippen LogP contribution in [0.5, 0.6) is 0 Å². The van der Waals surface area contributed by atoms with Gasteiger partial charge in [0.1, 0.15) is 0 Å². The van der Waals surface area contributed by atoms with Gasteiger partial charge >= 0.3 is 0 Å². The van der Waals surface area contributed by atoms with Crippen LogP contribution in [0.1, 0.15) is 6.42 Å². The maximum Gasteiger partial charge on any atom is 0.282 e. The van der Waals surface area contributed by atoms with Crippen molar-refractivity contribution < 1.29 is 15.5 Å². The van der Waals surface area contributed by atoms with E-state index in [0.717, 1.165) is 5.75 Å². The van der Waals surface area contributed by atoms with Crippen molar-refractivity contribution in [2.24, 2.45) is 0 Å². The number of hydrogen-bond acceptors (Lipinski definition) is 4. The van der Waals surface area contributed by atoms with Crippen LogP contribution in [0, 0.1) is 10.1 Å². The lowest BCUT2D eigenvalue weighted by Crippen LogP contribution is -2.66. The van der Waals surface area contributed by atoms with Gasteiger partial charge < -0.3 is 11.1 Å². The summed E-state index contributed by atoms with van der Waals surface area (Å²) in [6.07, 6.45) is 2.68. The second kappa shape index (κ2) is 6.97. The van der Waals surface area contributed by atoms with E-state index in [1.807, 2.05) is 6.26 Å². The van der Waals surface area contributed by atoms with E-state index in [-0.39, 0.29) is 17.6 Å². The monoisotopic (exact) mass is 270 g/mol. The van der Waals surface area contributed by atoms with Crippen LogP contribution in [0.4, 0.5) is 11.4 Å². The maximum absolute atomic E-state index is 11.7. The zero-order chi connectivity index (χ0) is 13.5. The Balaban J connectivity index is 2.56. The van der Waals surface area contributed by atoms with Gasteiger partial charge in [0.05, 0.1) is 4.92 Å². The molecule has 0 spiro atoms. The number of hydrogen-bond donors (Lipinski definition) is 2. The highest BCUT2D eigenvalue weighted by atomic mass is 32.2. The minimum Gasteiger partial charge on any atom is -0.347 e. The Hall–Kier alpha value is -1.60. The molecule has 98 valence electrons. The number of amides is 1. The summed E-state index contributed by atoms with van der Waals surface area (Å²) in [5, 5.41) is 13.2. The molecule has 0 saturated heterocycles. The van der Waals surface area contributed by atoms with Crippen LogP contribution < -0.4 is 11.1 Å². The fourth-order valence-electron chi connectivity index (χ4n) is 1.30. The van der Waals surface area contributed by atoms with Crippen LogP contribution in [0.15, 0.2) is 24.3 Å². The Morgan fingerprint density at radius 1 is 1.50 bits per heavy atom. The summed E-state index contributed by atoms with van der Waals surface area (Å²) in [6.45, 7) is 0. The molecule has 6 nitrogen and oxygen atoms in total. The summed E-state index contributed by atoms with van der Waals surface area (Å²) in [5.74, 6) is 0.708. The summed E-state index contributed by atoms with van der Waals surface area (Å²) < 4.78 is 0. The van der Waals surface area contributed by atoms with Gasteiger partial charge in [0.2, 0.25) is 0 Å². The molecular formula is C11H16N3O3S+. The molecule has 1 amide bonds. The fraction of sp³-hybridized carbons (Fsp3) is 0.364. The summed E-state index contributed by atoms with van der Waals surface area (Å²) in [6, 6.07) is 5.42. The zero-order valence-electron chi connectivity index (χ0n) is 10.1. The molecule has 0 bridgehead atoms. The van der Waals surface area contributed by atoms with Crippen molar-refractivity contribution in [2.75, 3.05) is 17.3 Å². The lowest BCUT2D eigenvalue weighted by molar-refractivity contribution is -0.402. The van der Waals surface area contributed by atoms with E-state index in [0.29, 0.717) is 12.1 Å². The Bertz CT molecular complexity index is 422. The molecule has 0 saturated carbocycles. The van der Waals surface area contributed by atoms with Crippen molar-refractivity contribution >= 4 is 29.0 Å². The van der Waals surface area contributed by atoms with Crippen LogP contribution >= 0.6 is 11.8 Å². The van der Waals surface area contributed by atoms with E-state index in [9.17, 15) is 14.9 Å². The van der Waals surface area contributed by atoms with Gasteiger partial charge in [-0.1, -0.05) is 0 Å². The highest BCUT2D eigenvalue weighted by Gasteiger charge is 2.16. The first kappa shape index (κ1) is 14.5. The normalized spacial score (nSPS) is 11.9. The summed E-state index contributed by atoms with van der Waals surface area (Å²) >= 11 is 1.66. The van der Waals surface area contributed by atoms with Crippen LogP contribution in [0.25, 0.3) is 0 Å². The molecular weight excluding hydrogens is 254 g/mol. The molecule has 1 aromatic carbocycles. The Morgan fingerprint density at radius 2 is 2.11 bits per heavy atom. The molecule has 0 aliphatic carbocycles. The molecule has 0 fully saturated rings. The number of benzene rings is 1. The Kier molecular flexibility index (Phi) is 5.60. The number of carbonyl (C=O) groups is 1. The third-order valence-electron chi connectivity index (χ3n) is 2.39. The second-order valence-electron chi connectivity index (χ2n) is 3.77. The lowest BCUT2D eigenvalue weighted by atomic mass is 10.2. The van der Waals surface area contributed by atoms with Gasteiger partial charge in [-0.25, -0.2) is 0 Å². The van der Waals surface area contributed by atoms with Gasteiger partial charge in [-0.2, -0.15) is 11.8 Å². The van der Waals surface area contributed by atoms with Gasteiger partial charge in [0, 0.05) is 24.2 Å². The number of rotatable bonds is 6. The number of carbonyl (C=O) groups excluding carboxylic acids is 1. The van der Waals surface area contributed by atoms with Crippen molar-refractivity contribution in [1.82, 2.24) is 0 Å². The number of nitrogens with zero attached hydrogens (tertiary/aromatic N) is 1. The molecule has 7 heteroatoms. The topological polar surface area (TPSA) is 99.9 Å². The van der Waals surface area contributed by atoms with Crippen LogP contribution in [0.3, 0.4) is 0 Å². The van der Waals surface area contributed by atoms with Crippen molar-refractivity contribution in [3.63, 3.8) is 0 Å². The molecule has 18 heavy (non-hydrogen) atoms. The molecule has 1 rings (SSSR count). The van der Waals surface area contributed by atoms with Gasteiger partial charge in [-0.05, 0) is 24.1 Å². The van der Waals surface area contributed by atoms with Crippen LogP contribution in [-0.2, 0) is 4.79 Å². The smallest absolute Gasteiger partial charge is 0.282 e. The van der Waals surface area contributed by atoms with Gasteiger partial charge in [0.25, 0.3) is 11.6 Å². The number of nitro benzene ring substituents is 1. The highest BCUT2D eigenvalue weighted by Crippen LogP contribution is 2.15. The van der Waals surface area contributed by atoms with E-state index in [4.69, 9.17) is 0 Å². The molecule has 0 aliphatic rings. The number of anilines is 1. The van der Waals surface area contributed by atoms with Crippen LogP contribution in [0.2, 0.25) is 0 Å². The Labute approximate surface area is 109 Å². The van der Waals surface area contributed by atoms with Crippen molar-refractivity contribution in [3.05, 3.63) is 34.4 Å². The third kappa shape index (κ3) is 4.34. The third-order valence-corrected chi connectivity index (χ3v) is 3.03. The summed E-state index contributed by atoms with van der Waals surface area (Å²) in [4.78, 5) is 21.7. The number of nitro groups is 1. The van der Waals surface area contributed by atoms with Gasteiger partial charge in [-0.3, -0.25) is 14.9 Å². The number of non-ortho nitro benzene ring substituents is 1. The predicted octanol–water partition coefficient (Wildman–Crippen LogP) is 0.897. The standard InChI is InChI=1S/C11H15N3O3S/c1-18-7-6-10(12)11(15)13-8-2-4-9(5-3-8)14(16)17/h2-5,10H,6-7,12H2,1H3,(H,13,15)/p+1/t10-/m0/s1. The van der Waals surface area contributed by atoms with E-state index < -0.39 is 4.92 Å². The second-order valence-corrected chi connectivity index (χ2v) is 4.76. The maximum atomic E-state index is 11.7. The number of thioether (sulfide) groups is 1. The molecule has 0 radical (unpaired) electrons. The van der Waals surface area contributed by atoms with Gasteiger partial charge in [0.15, 0.2) is 6.04 Å². The van der Waals surface area contributed by atoms with E-state index >= 15 is 0 Å². The first-order valence-electron chi connectivity index (χ1n) is 5.42. The fourth-order valence-corrected chi connectivity index (χ4v) is 1.82. The Morgan fingerprint density at radius 3 is 2.61 bits per heavy atom. The molecule has 0 heterocycles. The van der Waals surface area contributed by atoms with Crippen molar-refractivity contribution in [2.45, 2.75) is 12.5 Å². The minimum atomic E-state index is -0.478. The van der Waals surface area contributed by atoms with E-state index in [1.54, 1.807) is 11.8 Å². The average molecular weight is 270 g/mol. The number of quaternary nitrogens is 1. The number of nitrogens with one attached hydrogen (secondary N) is 1. The first-order chi connectivity index (χ1) is 8.54. The largest absolute Gasteiger partial charge is 0.347 e. The molecule has 0 aromatic heterocycles. The molecule has 0 unspecified atom stereocenters. The van der Waals surface area contributed by atoms with Crippen LogP contribution in [-0.4, -0.2) is 28.9 Å². The van der Waals surface area contributed by atoms with E-state index in [2.05, 4.69) is 11.1 Å². The quantitative estimate of drug-likeness (QED) is 0.592. The minimum absolute atomic E-state index is 0.00144. The average Bonchev–Trinajstić information content (AvgIpc) is 2.36. The summed E-state index contributed by atoms with van der Waals surface area (Å²) in [5.41, 5.74) is 4.33. The van der Waals surface area contributed by atoms with Crippen molar-refractivity contribution in [3.8, 4) is 0 Å². The highest BCUT2D eigenvalue weighted by molar-refractivity contribution is 7.98. The van der Waals surface area contributed by atoms with Gasteiger partial charge in [-0.15, -0.1) is 0 Å². The van der Waals surface area contributed by atoms with Crippen molar-refractivity contribution in [1.29, 1.82) is 0 Å². The lowest BCUT2D eigenvalue weighted by Gasteiger charge is -2.08. The molecule has 1 aromatic rings. The zero-order valence-corrected chi connectivity index (χ0v) is 10.9. The molecule has 1 atom stereocenters. The van der Waals surface area contributed by atoms with E-state index in [1.165, 1.54) is 24.3 Å². The summed E-state index contributed by atoms with van der Waals surface area (Å²) in [7, 11) is 0. The molecule has 0 aliphatic heterocycles. The molecule has 4 N–H and O–H groups in total. The first-order valence-corrected chi connectivity index (χ1v) is 6.81. The SMILES string of the molecule is CSCC[C@H]([NH3+])C(=O)Nc1ccc([N+](=O)[O-])cc1. The predicted molar refractivity (Wildman–Crippen MR) is 71.4 cm³/mol.